The second-order valence-corrected chi connectivity index (χ2v) is 9.77. The molecule has 0 spiro atoms. The Hall–Kier alpha value is -4.24. The van der Waals surface area contributed by atoms with Gasteiger partial charge in [-0.1, -0.05) is 158 Å². The lowest BCUT2D eigenvalue weighted by Gasteiger charge is -2.38. The van der Waals surface area contributed by atoms with Crippen molar-refractivity contribution >= 4 is 0 Å². The summed E-state index contributed by atoms with van der Waals surface area (Å²) < 4.78 is 7.18. The highest BCUT2D eigenvalue weighted by molar-refractivity contribution is 5.47. The van der Waals surface area contributed by atoms with Crippen molar-refractivity contribution in [3.05, 3.63) is 192 Å². The van der Waals surface area contributed by atoms with Crippen molar-refractivity contribution in [3.63, 3.8) is 0 Å². The van der Waals surface area contributed by atoms with Crippen LogP contribution in [0, 0.1) is 0 Å². The Labute approximate surface area is 232 Å². The predicted octanol–water partition coefficient (Wildman–Crippen LogP) is 8.25. The Morgan fingerprint density at radius 3 is 1.21 bits per heavy atom. The first-order valence-electron chi connectivity index (χ1n) is 13.5. The van der Waals surface area contributed by atoms with E-state index in [1.165, 1.54) is 11.1 Å². The van der Waals surface area contributed by atoms with Gasteiger partial charge in [0, 0.05) is 13.1 Å². The van der Waals surface area contributed by atoms with Gasteiger partial charge >= 0.3 is 0 Å². The van der Waals surface area contributed by atoms with Gasteiger partial charge in [-0.2, -0.15) is 0 Å². The van der Waals surface area contributed by atoms with E-state index in [0.717, 1.165) is 29.8 Å². The van der Waals surface area contributed by atoms with Crippen LogP contribution in [0.25, 0.3) is 0 Å². The standard InChI is InChI=1S/C37H35NO/c1-2-36(38(28-31-18-8-3-9-19-31)29-32-20-10-4-11-21-32)30-39-37(33-22-12-5-13-23-33,34-24-14-6-15-25-34)35-26-16-7-17-27-35/h2-27,36H,1,28-30H2/t36-/m1/s1. The first-order chi connectivity index (χ1) is 19.3. The molecule has 0 radical (unpaired) electrons. The quantitative estimate of drug-likeness (QED) is 0.124. The number of benzene rings is 5. The van der Waals surface area contributed by atoms with Crippen LogP contribution in [0.1, 0.15) is 27.8 Å². The summed E-state index contributed by atoms with van der Waals surface area (Å²) in [5.74, 6) is 0. The van der Waals surface area contributed by atoms with E-state index in [4.69, 9.17) is 4.74 Å². The minimum atomic E-state index is -0.768. The third kappa shape index (κ3) is 6.26. The van der Waals surface area contributed by atoms with Crippen LogP contribution in [0.2, 0.25) is 0 Å². The van der Waals surface area contributed by atoms with Crippen LogP contribution >= 0.6 is 0 Å². The molecule has 2 nitrogen and oxygen atoms in total. The van der Waals surface area contributed by atoms with Crippen molar-refractivity contribution in [2.24, 2.45) is 0 Å². The molecule has 0 aliphatic rings. The predicted molar refractivity (Wildman–Crippen MR) is 161 cm³/mol. The zero-order valence-corrected chi connectivity index (χ0v) is 22.3. The van der Waals surface area contributed by atoms with Crippen LogP contribution in [0.3, 0.4) is 0 Å². The summed E-state index contributed by atoms with van der Waals surface area (Å²) in [7, 11) is 0. The summed E-state index contributed by atoms with van der Waals surface area (Å²) >= 11 is 0. The monoisotopic (exact) mass is 509 g/mol. The van der Waals surface area contributed by atoms with Gasteiger partial charge in [-0.05, 0) is 27.8 Å². The number of hydrogen-bond donors (Lipinski definition) is 0. The molecule has 5 rings (SSSR count). The Morgan fingerprint density at radius 2 is 0.872 bits per heavy atom. The van der Waals surface area contributed by atoms with E-state index in [0.29, 0.717) is 6.61 Å². The second kappa shape index (κ2) is 13.0. The van der Waals surface area contributed by atoms with E-state index in [2.05, 4.69) is 163 Å². The number of rotatable bonds is 12. The molecule has 0 saturated carbocycles. The first-order valence-corrected chi connectivity index (χ1v) is 13.5. The summed E-state index contributed by atoms with van der Waals surface area (Å²) in [5.41, 5.74) is 5.06. The minimum Gasteiger partial charge on any atom is -0.359 e. The summed E-state index contributed by atoms with van der Waals surface area (Å²) in [6.45, 7) is 6.33. The lowest BCUT2D eigenvalue weighted by Crippen LogP contribution is -2.41. The molecule has 1 atom stereocenters. The summed E-state index contributed by atoms with van der Waals surface area (Å²) in [6, 6.07) is 52.9. The van der Waals surface area contributed by atoms with Crippen LogP contribution < -0.4 is 0 Å². The maximum Gasteiger partial charge on any atom is 0.143 e. The highest BCUT2D eigenvalue weighted by Gasteiger charge is 2.38. The van der Waals surface area contributed by atoms with Crippen molar-refractivity contribution in [3.8, 4) is 0 Å². The molecular weight excluding hydrogens is 474 g/mol. The highest BCUT2D eigenvalue weighted by Crippen LogP contribution is 2.40. The smallest absolute Gasteiger partial charge is 0.143 e. The molecule has 0 saturated heterocycles. The van der Waals surface area contributed by atoms with Gasteiger partial charge in [-0.3, -0.25) is 4.90 Å². The van der Waals surface area contributed by atoms with Crippen molar-refractivity contribution in [2.45, 2.75) is 24.7 Å². The third-order valence-corrected chi connectivity index (χ3v) is 7.21. The zero-order chi connectivity index (χ0) is 26.8. The fraction of sp³-hybridized carbons (Fsp3) is 0.135. The van der Waals surface area contributed by atoms with E-state index in [-0.39, 0.29) is 6.04 Å². The van der Waals surface area contributed by atoms with E-state index in [1.54, 1.807) is 0 Å². The zero-order valence-electron chi connectivity index (χ0n) is 22.3. The number of hydrogen-bond acceptors (Lipinski definition) is 2. The SMILES string of the molecule is C=C[C@H](COC(c1ccccc1)(c1ccccc1)c1ccccc1)N(Cc1ccccc1)Cc1ccccc1. The van der Waals surface area contributed by atoms with Crippen molar-refractivity contribution in [1.82, 2.24) is 4.90 Å². The van der Waals surface area contributed by atoms with Crippen LogP contribution in [-0.2, 0) is 23.4 Å². The maximum atomic E-state index is 7.18. The summed E-state index contributed by atoms with van der Waals surface area (Å²) in [4.78, 5) is 2.45. The van der Waals surface area contributed by atoms with Gasteiger partial charge < -0.3 is 4.74 Å². The van der Waals surface area contributed by atoms with E-state index < -0.39 is 5.60 Å². The summed E-state index contributed by atoms with van der Waals surface area (Å²) in [5, 5.41) is 0. The molecule has 0 aliphatic carbocycles. The maximum absolute atomic E-state index is 7.18. The fourth-order valence-electron chi connectivity index (χ4n) is 5.23. The van der Waals surface area contributed by atoms with Crippen LogP contribution in [0.15, 0.2) is 164 Å². The van der Waals surface area contributed by atoms with Crippen molar-refractivity contribution in [2.75, 3.05) is 6.61 Å². The van der Waals surface area contributed by atoms with Gasteiger partial charge in [0.2, 0.25) is 0 Å². The van der Waals surface area contributed by atoms with Gasteiger partial charge in [-0.25, -0.2) is 0 Å². The Balaban J connectivity index is 1.54. The minimum absolute atomic E-state index is 0.0130. The Kier molecular flexibility index (Phi) is 8.80. The third-order valence-electron chi connectivity index (χ3n) is 7.21. The van der Waals surface area contributed by atoms with Gasteiger partial charge in [0.1, 0.15) is 5.60 Å². The Bertz CT molecular complexity index is 1270. The second-order valence-electron chi connectivity index (χ2n) is 9.77. The fourth-order valence-corrected chi connectivity index (χ4v) is 5.23. The van der Waals surface area contributed by atoms with Gasteiger partial charge in [0.15, 0.2) is 0 Å². The van der Waals surface area contributed by atoms with Gasteiger partial charge in [0.05, 0.1) is 12.6 Å². The largest absolute Gasteiger partial charge is 0.359 e. The van der Waals surface area contributed by atoms with E-state index >= 15 is 0 Å². The molecule has 2 heteroatoms. The topological polar surface area (TPSA) is 12.5 Å². The van der Waals surface area contributed by atoms with E-state index in [9.17, 15) is 0 Å². The normalized spacial score (nSPS) is 12.2. The van der Waals surface area contributed by atoms with Crippen molar-refractivity contribution in [1.29, 1.82) is 0 Å². The van der Waals surface area contributed by atoms with E-state index in [1.807, 2.05) is 6.08 Å². The van der Waals surface area contributed by atoms with Crippen molar-refractivity contribution < 1.29 is 4.74 Å². The molecule has 0 fully saturated rings. The molecule has 0 aromatic heterocycles. The first kappa shape index (κ1) is 26.4. The van der Waals surface area contributed by atoms with Gasteiger partial charge in [0.25, 0.3) is 0 Å². The molecule has 0 bridgehead atoms. The average molecular weight is 510 g/mol. The molecule has 194 valence electrons. The molecule has 0 unspecified atom stereocenters. The Morgan fingerprint density at radius 1 is 0.538 bits per heavy atom. The highest BCUT2D eigenvalue weighted by atomic mass is 16.5. The molecule has 5 aromatic carbocycles. The van der Waals surface area contributed by atoms with Crippen LogP contribution in [0.5, 0.6) is 0 Å². The molecular formula is C37H35NO. The molecule has 5 aromatic rings. The average Bonchev–Trinajstić information content (AvgIpc) is 3.02. The molecule has 0 amide bonds. The molecule has 0 N–H and O–H groups in total. The number of nitrogens with zero attached hydrogens (tertiary/aromatic N) is 1. The molecule has 0 aliphatic heterocycles. The van der Waals surface area contributed by atoms with Crippen LogP contribution in [-0.4, -0.2) is 17.5 Å². The van der Waals surface area contributed by atoms with Gasteiger partial charge in [-0.15, -0.1) is 6.58 Å². The van der Waals surface area contributed by atoms with Crippen LogP contribution in [0.4, 0.5) is 0 Å². The number of ether oxygens (including phenoxy) is 1. The molecule has 0 heterocycles. The lowest BCUT2D eigenvalue weighted by molar-refractivity contribution is -0.0164. The lowest BCUT2D eigenvalue weighted by atomic mass is 9.80. The summed E-state index contributed by atoms with van der Waals surface area (Å²) in [6.07, 6.45) is 2.03. The molecule has 39 heavy (non-hydrogen) atoms.